The molecule has 0 rings (SSSR count). The average molecular weight is 151 g/mol. The lowest BCUT2D eigenvalue weighted by molar-refractivity contribution is 0.761. The third-order valence-electron chi connectivity index (χ3n) is 1.56. The van der Waals surface area contributed by atoms with Gasteiger partial charge in [0.2, 0.25) is 0 Å². The molecule has 0 bridgehead atoms. The van der Waals surface area contributed by atoms with E-state index in [1.165, 1.54) is 25.7 Å². The lowest BCUT2D eigenvalue weighted by Crippen LogP contribution is -1.71. The first-order valence-electron chi connectivity index (χ1n) is 4.47. The summed E-state index contributed by atoms with van der Waals surface area (Å²) in [6.07, 6.45) is 14.7. The van der Waals surface area contributed by atoms with Gasteiger partial charge in [0.1, 0.15) is 0 Å². The Morgan fingerprint density at radius 2 is 1.64 bits per heavy atom. The molecule has 0 saturated carbocycles. The van der Waals surface area contributed by atoms with Crippen LogP contribution in [0.1, 0.15) is 39.0 Å². The van der Waals surface area contributed by atoms with Crippen LogP contribution in [0.3, 0.4) is 0 Å². The zero-order chi connectivity index (χ0) is 8.36. The van der Waals surface area contributed by atoms with Crippen LogP contribution in [0, 0.1) is 6.92 Å². The van der Waals surface area contributed by atoms with E-state index in [4.69, 9.17) is 0 Å². The SMILES string of the molecule is [CH2]C/C=C\CCCCC=CC. The van der Waals surface area contributed by atoms with Crippen LogP contribution in [-0.2, 0) is 0 Å². The molecule has 0 unspecified atom stereocenters. The molecule has 0 atom stereocenters. The Balaban J connectivity index is 2.96. The third kappa shape index (κ3) is 9.48. The van der Waals surface area contributed by atoms with E-state index < -0.39 is 0 Å². The van der Waals surface area contributed by atoms with Crippen LogP contribution >= 0.6 is 0 Å². The highest BCUT2D eigenvalue weighted by atomic mass is 13.9. The Hall–Kier alpha value is -0.520. The number of hydrogen-bond donors (Lipinski definition) is 0. The molecule has 0 heteroatoms. The van der Waals surface area contributed by atoms with Crippen LogP contribution in [0.5, 0.6) is 0 Å². The fourth-order valence-electron chi connectivity index (χ4n) is 0.927. The molecule has 0 aliphatic rings. The largest absolute Gasteiger partial charge is 0.0917 e. The maximum atomic E-state index is 3.73. The van der Waals surface area contributed by atoms with Crippen molar-refractivity contribution >= 4 is 0 Å². The van der Waals surface area contributed by atoms with Crippen LogP contribution in [0.15, 0.2) is 24.3 Å². The van der Waals surface area contributed by atoms with Crippen molar-refractivity contribution in [2.45, 2.75) is 39.0 Å². The van der Waals surface area contributed by atoms with Crippen LogP contribution in [0.2, 0.25) is 0 Å². The van der Waals surface area contributed by atoms with Gasteiger partial charge in [-0.2, -0.15) is 0 Å². The molecule has 0 saturated heterocycles. The molecule has 0 amide bonds. The van der Waals surface area contributed by atoms with Crippen molar-refractivity contribution in [3.8, 4) is 0 Å². The number of hydrogen-bond acceptors (Lipinski definition) is 0. The fraction of sp³-hybridized carbons (Fsp3) is 0.545. The van der Waals surface area contributed by atoms with Gasteiger partial charge in [-0.15, -0.1) is 0 Å². The number of unbranched alkanes of at least 4 members (excludes halogenated alkanes) is 3. The highest BCUT2D eigenvalue weighted by molar-refractivity contribution is 4.82. The van der Waals surface area contributed by atoms with E-state index in [-0.39, 0.29) is 0 Å². The molecule has 0 aromatic rings. The van der Waals surface area contributed by atoms with Crippen molar-refractivity contribution in [3.05, 3.63) is 31.2 Å². The van der Waals surface area contributed by atoms with Crippen molar-refractivity contribution < 1.29 is 0 Å². The Bertz CT molecular complexity index is 109. The lowest BCUT2D eigenvalue weighted by atomic mass is 10.2. The summed E-state index contributed by atoms with van der Waals surface area (Å²) < 4.78 is 0. The van der Waals surface area contributed by atoms with Crippen LogP contribution in [0.4, 0.5) is 0 Å². The van der Waals surface area contributed by atoms with E-state index in [0.29, 0.717) is 0 Å². The monoisotopic (exact) mass is 151 g/mol. The van der Waals surface area contributed by atoms with E-state index >= 15 is 0 Å². The molecule has 0 fully saturated rings. The van der Waals surface area contributed by atoms with E-state index in [2.05, 4.69) is 38.2 Å². The first-order valence-corrected chi connectivity index (χ1v) is 4.47. The minimum atomic E-state index is 0.925. The van der Waals surface area contributed by atoms with Gasteiger partial charge in [0.15, 0.2) is 0 Å². The van der Waals surface area contributed by atoms with Gasteiger partial charge in [-0.25, -0.2) is 0 Å². The van der Waals surface area contributed by atoms with Gasteiger partial charge in [-0.05, 0) is 46.0 Å². The second kappa shape index (κ2) is 9.48. The number of allylic oxidation sites excluding steroid dienone is 4. The summed E-state index contributed by atoms with van der Waals surface area (Å²) in [6.45, 7) is 5.81. The molecule has 0 aromatic carbocycles. The van der Waals surface area contributed by atoms with Gasteiger partial charge in [0, 0.05) is 0 Å². The minimum absolute atomic E-state index is 0.925. The molecule has 0 spiro atoms. The van der Waals surface area contributed by atoms with Crippen molar-refractivity contribution in [1.29, 1.82) is 0 Å². The molecule has 0 aliphatic carbocycles. The van der Waals surface area contributed by atoms with E-state index in [1.807, 2.05) is 0 Å². The Morgan fingerprint density at radius 1 is 1.00 bits per heavy atom. The van der Waals surface area contributed by atoms with Gasteiger partial charge in [-0.1, -0.05) is 24.3 Å². The number of rotatable bonds is 6. The smallest absolute Gasteiger partial charge is 0.0351 e. The second-order valence-electron chi connectivity index (χ2n) is 2.61. The summed E-state index contributed by atoms with van der Waals surface area (Å²) >= 11 is 0. The van der Waals surface area contributed by atoms with Crippen LogP contribution in [-0.4, -0.2) is 0 Å². The van der Waals surface area contributed by atoms with Gasteiger partial charge in [0.25, 0.3) is 0 Å². The van der Waals surface area contributed by atoms with Crippen molar-refractivity contribution in [1.82, 2.24) is 0 Å². The molecule has 0 nitrogen and oxygen atoms in total. The third-order valence-corrected chi connectivity index (χ3v) is 1.56. The predicted octanol–water partition coefficient (Wildman–Crippen LogP) is 3.90. The van der Waals surface area contributed by atoms with Crippen molar-refractivity contribution in [3.63, 3.8) is 0 Å². The maximum Gasteiger partial charge on any atom is -0.0351 e. The first-order chi connectivity index (χ1) is 5.41. The second-order valence-corrected chi connectivity index (χ2v) is 2.61. The Kier molecular flexibility index (Phi) is 9.03. The highest BCUT2D eigenvalue weighted by Gasteiger charge is 1.81. The van der Waals surface area contributed by atoms with Gasteiger partial charge < -0.3 is 0 Å². The molecule has 11 heavy (non-hydrogen) atoms. The molecule has 63 valence electrons. The zero-order valence-electron chi connectivity index (χ0n) is 7.55. The van der Waals surface area contributed by atoms with Gasteiger partial charge in [0.05, 0.1) is 0 Å². The summed E-state index contributed by atoms with van der Waals surface area (Å²) in [5.41, 5.74) is 0. The standard InChI is InChI=1S/C11H19/c1-3-5-7-9-11-10-8-6-4-2/h4-7H,1,3,8-11H2,2H3/b6-4?,7-5-. The summed E-state index contributed by atoms with van der Waals surface area (Å²) in [6, 6.07) is 0. The minimum Gasteiger partial charge on any atom is -0.0917 e. The molecule has 0 aliphatic heterocycles. The topological polar surface area (TPSA) is 0 Å². The highest BCUT2D eigenvalue weighted by Crippen LogP contribution is 2.01. The lowest BCUT2D eigenvalue weighted by Gasteiger charge is -1.91. The molecule has 0 heterocycles. The Morgan fingerprint density at radius 3 is 2.18 bits per heavy atom. The predicted molar refractivity (Wildman–Crippen MR) is 52.4 cm³/mol. The van der Waals surface area contributed by atoms with Gasteiger partial charge >= 0.3 is 0 Å². The normalized spacial score (nSPS) is 11.8. The Labute approximate surface area is 71.0 Å². The van der Waals surface area contributed by atoms with Crippen LogP contribution in [0.25, 0.3) is 0 Å². The first kappa shape index (κ1) is 10.5. The van der Waals surface area contributed by atoms with E-state index in [9.17, 15) is 0 Å². The summed E-state index contributed by atoms with van der Waals surface area (Å²) in [5, 5.41) is 0. The molecule has 0 aromatic heterocycles. The fourth-order valence-corrected chi connectivity index (χ4v) is 0.927. The van der Waals surface area contributed by atoms with E-state index in [1.54, 1.807) is 0 Å². The maximum absolute atomic E-state index is 3.73. The molecular weight excluding hydrogens is 132 g/mol. The van der Waals surface area contributed by atoms with Crippen LogP contribution < -0.4 is 0 Å². The van der Waals surface area contributed by atoms with E-state index in [0.717, 1.165) is 6.42 Å². The molecular formula is C11H19. The molecule has 1 radical (unpaired) electrons. The zero-order valence-corrected chi connectivity index (χ0v) is 7.55. The molecule has 0 N–H and O–H groups in total. The summed E-state index contributed by atoms with van der Waals surface area (Å²) in [7, 11) is 0. The average Bonchev–Trinajstić information content (AvgIpc) is 2.03. The van der Waals surface area contributed by atoms with Crippen molar-refractivity contribution in [2.75, 3.05) is 0 Å². The summed E-state index contributed by atoms with van der Waals surface area (Å²) in [5.74, 6) is 0. The van der Waals surface area contributed by atoms with Crippen molar-refractivity contribution in [2.24, 2.45) is 0 Å². The quantitative estimate of drug-likeness (QED) is 0.399. The summed E-state index contributed by atoms with van der Waals surface area (Å²) in [4.78, 5) is 0. The van der Waals surface area contributed by atoms with Gasteiger partial charge in [-0.3, -0.25) is 0 Å².